The molecule has 0 bridgehead atoms. The number of hydrogen-bond acceptors (Lipinski definition) is 4. The molecule has 2 aromatic rings. The SMILES string of the molecule is Cc1cccc(Nc2ccc(Br)cc2/C=N\NC(=O)C(=O)NCCC(C)C)c1. The number of carbonyl (C=O) groups excluding carboxylic acids is 2. The summed E-state index contributed by atoms with van der Waals surface area (Å²) in [7, 11) is 0. The molecule has 0 spiro atoms. The van der Waals surface area contributed by atoms with Crippen LogP contribution in [-0.4, -0.2) is 24.6 Å². The van der Waals surface area contributed by atoms with Gasteiger partial charge in [-0.05, 0) is 55.2 Å². The Morgan fingerprint density at radius 2 is 1.93 bits per heavy atom. The molecule has 0 aromatic heterocycles. The summed E-state index contributed by atoms with van der Waals surface area (Å²) in [5.74, 6) is -1.02. The van der Waals surface area contributed by atoms with E-state index in [2.05, 4.69) is 50.9 Å². The number of hydrogen-bond donors (Lipinski definition) is 3. The standard InChI is InChI=1S/C21H25BrN4O2/c1-14(2)9-10-23-20(27)21(28)26-24-13-16-12-17(22)7-8-19(16)25-18-6-4-5-15(3)11-18/h4-8,11-14,25H,9-10H2,1-3H3,(H,23,27)(H,26,28)/b24-13-. The second-order valence-corrected chi connectivity index (χ2v) is 7.78. The molecule has 2 rings (SSSR count). The third-order valence-corrected chi connectivity index (χ3v) is 4.39. The summed E-state index contributed by atoms with van der Waals surface area (Å²) < 4.78 is 0.876. The van der Waals surface area contributed by atoms with Gasteiger partial charge in [0.2, 0.25) is 0 Å². The van der Waals surface area contributed by atoms with Gasteiger partial charge < -0.3 is 10.6 Å². The van der Waals surface area contributed by atoms with Crippen LogP contribution in [0.5, 0.6) is 0 Å². The van der Waals surface area contributed by atoms with Crippen LogP contribution in [-0.2, 0) is 9.59 Å². The first-order chi connectivity index (χ1) is 13.3. The Hall–Kier alpha value is -2.67. The number of benzene rings is 2. The van der Waals surface area contributed by atoms with Crippen molar-refractivity contribution in [1.29, 1.82) is 0 Å². The smallest absolute Gasteiger partial charge is 0.329 e. The van der Waals surface area contributed by atoms with Crippen molar-refractivity contribution in [2.24, 2.45) is 11.0 Å². The first-order valence-corrected chi connectivity index (χ1v) is 9.89. The lowest BCUT2D eigenvalue weighted by atomic mass is 10.1. The third-order valence-electron chi connectivity index (χ3n) is 3.89. The summed E-state index contributed by atoms with van der Waals surface area (Å²) in [5.41, 5.74) is 5.95. The van der Waals surface area contributed by atoms with E-state index in [0.29, 0.717) is 12.5 Å². The van der Waals surface area contributed by atoms with E-state index in [9.17, 15) is 9.59 Å². The highest BCUT2D eigenvalue weighted by Gasteiger charge is 2.12. The van der Waals surface area contributed by atoms with E-state index in [1.807, 2.05) is 49.4 Å². The number of hydrazone groups is 1. The minimum absolute atomic E-state index is 0.456. The maximum Gasteiger partial charge on any atom is 0.329 e. The lowest BCUT2D eigenvalue weighted by Crippen LogP contribution is -2.38. The number of aryl methyl sites for hydroxylation is 1. The number of amides is 2. The molecule has 7 heteroatoms. The highest BCUT2D eigenvalue weighted by Crippen LogP contribution is 2.24. The van der Waals surface area contributed by atoms with Crippen LogP contribution in [0.1, 0.15) is 31.4 Å². The Kier molecular flexibility index (Phi) is 8.19. The molecule has 6 nitrogen and oxygen atoms in total. The van der Waals surface area contributed by atoms with Gasteiger partial charge in [0.05, 0.1) is 6.21 Å². The molecule has 0 atom stereocenters. The predicted molar refractivity (Wildman–Crippen MR) is 117 cm³/mol. The zero-order valence-corrected chi connectivity index (χ0v) is 17.8. The fourth-order valence-corrected chi connectivity index (χ4v) is 2.78. The number of halogens is 1. The van der Waals surface area contributed by atoms with Gasteiger partial charge in [-0.1, -0.05) is 41.9 Å². The molecule has 0 fully saturated rings. The molecule has 148 valence electrons. The van der Waals surface area contributed by atoms with Crippen LogP contribution in [0.2, 0.25) is 0 Å². The van der Waals surface area contributed by atoms with Crippen molar-refractivity contribution in [3.63, 3.8) is 0 Å². The highest BCUT2D eigenvalue weighted by molar-refractivity contribution is 9.10. The Morgan fingerprint density at radius 1 is 1.14 bits per heavy atom. The molecule has 0 radical (unpaired) electrons. The van der Waals surface area contributed by atoms with Gasteiger partial charge in [-0.3, -0.25) is 9.59 Å². The second-order valence-electron chi connectivity index (χ2n) is 6.86. The summed E-state index contributed by atoms with van der Waals surface area (Å²) >= 11 is 3.44. The van der Waals surface area contributed by atoms with Crippen molar-refractivity contribution in [1.82, 2.24) is 10.7 Å². The van der Waals surface area contributed by atoms with Crippen LogP contribution < -0.4 is 16.1 Å². The average molecular weight is 445 g/mol. The van der Waals surface area contributed by atoms with Crippen molar-refractivity contribution < 1.29 is 9.59 Å². The van der Waals surface area contributed by atoms with Crippen LogP contribution in [0.3, 0.4) is 0 Å². The maximum absolute atomic E-state index is 11.8. The number of nitrogens with one attached hydrogen (secondary N) is 3. The molecule has 0 heterocycles. The lowest BCUT2D eigenvalue weighted by molar-refractivity contribution is -0.139. The van der Waals surface area contributed by atoms with Crippen molar-refractivity contribution in [3.05, 3.63) is 58.1 Å². The third kappa shape index (κ3) is 7.15. The molecule has 0 aliphatic carbocycles. The molecule has 0 saturated heterocycles. The molecule has 0 unspecified atom stereocenters. The highest BCUT2D eigenvalue weighted by atomic mass is 79.9. The van der Waals surface area contributed by atoms with Crippen molar-refractivity contribution in [2.45, 2.75) is 27.2 Å². The van der Waals surface area contributed by atoms with Gasteiger partial charge in [-0.25, -0.2) is 5.43 Å². The van der Waals surface area contributed by atoms with Gasteiger partial charge >= 0.3 is 11.8 Å². The zero-order chi connectivity index (χ0) is 20.5. The van der Waals surface area contributed by atoms with Gasteiger partial charge in [-0.15, -0.1) is 0 Å². The normalized spacial score (nSPS) is 10.9. The Bertz CT molecular complexity index is 865. The molecule has 0 saturated carbocycles. The number of anilines is 2. The monoisotopic (exact) mass is 444 g/mol. The first kappa shape index (κ1) is 21.6. The second kappa shape index (κ2) is 10.6. The summed E-state index contributed by atoms with van der Waals surface area (Å²) in [4.78, 5) is 23.6. The average Bonchev–Trinajstić information content (AvgIpc) is 2.63. The van der Waals surface area contributed by atoms with Crippen LogP contribution in [0.4, 0.5) is 11.4 Å². The van der Waals surface area contributed by atoms with Gasteiger partial charge in [-0.2, -0.15) is 5.10 Å². The minimum atomic E-state index is -0.789. The largest absolute Gasteiger partial charge is 0.355 e. The lowest BCUT2D eigenvalue weighted by Gasteiger charge is -2.11. The molecular formula is C21H25BrN4O2. The number of nitrogens with zero attached hydrogens (tertiary/aromatic N) is 1. The van der Waals surface area contributed by atoms with Gasteiger partial charge in [0.15, 0.2) is 0 Å². The predicted octanol–water partition coefficient (Wildman–Crippen LogP) is 4.11. The summed E-state index contributed by atoms with van der Waals surface area (Å²) in [6.45, 7) is 6.59. The van der Waals surface area contributed by atoms with Gasteiger partial charge in [0, 0.05) is 28.0 Å². The Balaban J connectivity index is 2.01. The summed E-state index contributed by atoms with van der Waals surface area (Å²) in [6, 6.07) is 13.7. The van der Waals surface area contributed by atoms with E-state index in [4.69, 9.17) is 0 Å². The van der Waals surface area contributed by atoms with Crippen LogP contribution in [0, 0.1) is 12.8 Å². The van der Waals surface area contributed by atoms with Gasteiger partial charge in [0.1, 0.15) is 0 Å². The maximum atomic E-state index is 11.8. The molecular weight excluding hydrogens is 420 g/mol. The Morgan fingerprint density at radius 3 is 2.64 bits per heavy atom. The van der Waals surface area contributed by atoms with E-state index in [0.717, 1.165) is 33.4 Å². The number of rotatable bonds is 7. The molecule has 2 aromatic carbocycles. The quantitative estimate of drug-likeness (QED) is 0.341. The van der Waals surface area contributed by atoms with E-state index in [1.54, 1.807) is 0 Å². The zero-order valence-electron chi connectivity index (χ0n) is 16.3. The van der Waals surface area contributed by atoms with Crippen molar-refractivity contribution in [3.8, 4) is 0 Å². The fraction of sp³-hybridized carbons (Fsp3) is 0.286. The molecule has 2 amide bonds. The van der Waals surface area contributed by atoms with E-state index in [-0.39, 0.29) is 0 Å². The minimum Gasteiger partial charge on any atom is -0.355 e. The molecule has 28 heavy (non-hydrogen) atoms. The van der Waals surface area contributed by atoms with Crippen molar-refractivity contribution in [2.75, 3.05) is 11.9 Å². The summed E-state index contributed by atoms with van der Waals surface area (Å²) in [5, 5.41) is 9.83. The van der Waals surface area contributed by atoms with Crippen LogP contribution in [0.15, 0.2) is 52.0 Å². The Labute approximate surface area is 173 Å². The van der Waals surface area contributed by atoms with E-state index in [1.165, 1.54) is 6.21 Å². The topological polar surface area (TPSA) is 82.6 Å². The summed E-state index contributed by atoms with van der Waals surface area (Å²) in [6.07, 6.45) is 2.32. The number of carbonyl (C=O) groups is 2. The van der Waals surface area contributed by atoms with Crippen LogP contribution in [0.25, 0.3) is 0 Å². The van der Waals surface area contributed by atoms with E-state index >= 15 is 0 Å². The molecule has 0 aliphatic rings. The first-order valence-electron chi connectivity index (χ1n) is 9.09. The molecule has 3 N–H and O–H groups in total. The fourth-order valence-electron chi connectivity index (χ4n) is 2.40. The molecule has 0 aliphatic heterocycles. The van der Waals surface area contributed by atoms with E-state index < -0.39 is 11.8 Å². The van der Waals surface area contributed by atoms with Crippen LogP contribution >= 0.6 is 15.9 Å². The van der Waals surface area contributed by atoms with Crippen molar-refractivity contribution >= 4 is 45.3 Å². The van der Waals surface area contributed by atoms with Gasteiger partial charge in [0.25, 0.3) is 0 Å².